The van der Waals surface area contributed by atoms with Gasteiger partial charge in [-0.25, -0.2) is 13.1 Å². The van der Waals surface area contributed by atoms with Gasteiger partial charge >= 0.3 is 0 Å². The first kappa shape index (κ1) is 21.9. The number of sulfonamides is 1. The molecule has 1 atom stereocenters. The number of carbonyl (C=O) groups excluding carboxylic acids is 1. The van der Waals surface area contributed by atoms with Gasteiger partial charge in [-0.05, 0) is 43.7 Å². The molecule has 142 valence electrons. The molecule has 0 radical (unpaired) electrons. The van der Waals surface area contributed by atoms with Crippen molar-refractivity contribution in [2.75, 3.05) is 40.9 Å². The van der Waals surface area contributed by atoms with Crippen LogP contribution in [0.15, 0.2) is 29.2 Å². The van der Waals surface area contributed by atoms with Gasteiger partial charge in [0, 0.05) is 33.3 Å². The van der Waals surface area contributed by atoms with Crippen LogP contribution < -0.4 is 10.0 Å². The minimum Gasteiger partial charge on any atom is -0.383 e. The molecule has 9 heteroatoms. The molecular formula is C16H26ClN3O4S. The Morgan fingerprint density at radius 3 is 2.44 bits per heavy atom. The van der Waals surface area contributed by atoms with Gasteiger partial charge in [-0.1, -0.05) is 0 Å². The fraction of sp³-hybridized carbons (Fsp3) is 0.562. The minimum absolute atomic E-state index is 0. The fourth-order valence-electron chi connectivity index (χ4n) is 2.82. The van der Waals surface area contributed by atoms with Crippen LogP contribution in [-0.4, -0.2) is 65.7 Å². The first-order valence-corrected chi connectivity index (χ1v) is 9.33. The Hall–Kier alpha value is -1.19. The van der Waals surface area contributed by atoms with E-state index in [9.17, 15) is 13.2 Å². The number of amides is 1. The smallest absolute Gasteiger partial charge is 0.253 e. The predicted octanol–water partition coefficient (Wildman–Crippen LogP) is 0.857. The maximum atomic E-state index is 12.5. The molecule has 2 rings (SSSR count). The molecular weight excluding hydrogens is 366 g/mol. The minimum atomic E-state index is -3.64. The largest absolute Gasteiger partial charge is 0.383 e. The van der Waals surface area contributed by atoms with E-state index in [0.717, 1.165) is 19.4 Å². The van der Waals surface area contributed by atoms with Crippen LogP contribution in [0.25, 0.3) is 0 Å². The Balaban J connectivity index is 0.00000312. The number of carbonyl (C=O) groups is 1. The normalized spacial score (nSPS) is 20.1. The van der Waals surface area contributed by atoms with Crippen molar-refractivity contribution in [2.45, 2.75) is 23.3 Å². The Morgan fingerprint density at radius 2 is 1.96 bits per heavy atom. The lowest BCUT2D eigenvalue weighted by atomic mass is 9.99. The van der Waals surface area contributed by atoms with Crippen LogP contribution in [0.1, 0.15) is 23.2 Å². The number of ether oxygens (including phenoxy) is 1. The van der Waals surface area contributed by atoms with Gasteiger partial charge in [-0.3, -0.25) is 4.79 Å². The lowest BCUT2D eigenvalue weighted by Crippen LogP contribution is -2.52. The van der Waals surface area contributed by atoms with Gasteiger partial charge in [0.15, 0.2) is 0 Å². The van der Waals surface area contributed by atoms with E-state index < -0.39 is 10.0 Å². The predicted molar refractivity (Wildman–Crippen MR) is 98.7 cm³/mol. The highest BCUT2D eigenvalue weighted by Crippen LogP contribution is 2.20. The number of rotatable bonds is 7. The number of halogens is 1. The summed E-state index contributed by atoms with van der Waals surface area (Å²) >= 11 is 0. The molecule has 1 saturated heterocycles. The first-order valence-electron chi connectivity index (χ1n) is 7.85. The zero-order valence-corrected chi connectivity index (χ0v) is 16.4. The summed E-state index contributed by atoms with van der Waals surface area (Å²) in [7, 11) is 1.27. The molecule has 0 aromatic heterocycles. The molecule has 25 heavy (non-hydrogen) atoms. The van der Waals surface area contributed by atoms with Crippen LogP contribution >= 0.6 is 12.4 Å². The average Bonchev–Trinajstić information content (AvgIpc) is 3.02. The average molecular weight is 392 g/mol. The van der Waals surface area contributed by atoms with Crippen molar-refractivity contribution in [2.24, 2.45) is 0 Å². The molecule has 1 unspecified atom stereocenters. The van der Waals surface area contributed by atoms with Gasteiger partial charge in [0.25, 0.3) is 5.91 Å². The van der Waals surface area contributed by atoms with Gasteiger partial charge in [-0.15, -0.1) is 12.4 Å². The summed E-state index contributed by atoms with van der Waals surface area (Å²) in [6, 6.07) is 5.94. The summed E-state index contributed by atoms with van der Waals surface area (Å²) in [5.41, 5.74) is 0.0927. The molecule has 7 nitrogen and oxygen atoms in total. The summed E-state index contributed by atoms with van der Waals surface area (Å²) < 4.78 is 32.8. The molecule has 0 bridgehead atoms. The number of nitrogens with zero attached hydrogens (tertiary/aromatic N) is 1. The van der Waals surface area contributed by atoms with E-state index in [4.69, 9.17) is 4.74 Å². The second-order valence-electron chi connectivity index (χ2n) is 6.29. The molecule has 1 aliphatic heterocycles. The standard InChI is InChI=1S/C16H25N3O4S.ClH/c1-19(2)15(20)13-5-7-14(8-6-13)24(21,22)18-11-16(12-23-3)9-4-10-17-16;/h5-8,17-18H,4,9-12H2,1-3H3;1H. The number of hydrogen-bond acceptors (Lipinski definition) is 5. The molecule has 1 fully saturated rings. The van der Waals surface area contributed by atoms with Crippen molar-refractivity contribution in [1.82, 2.24) is 14.9 Å². The van der Waals surface area contributed by atoms with E-state index in [2.05, 4.69) is 10.0 Å². The van der Waals surface area contributed by atoms with E-state index in [1.165, 1.54) is 29.2 Å². The van der Waals surface area contributed by atoms with E-state index in [-0.39, 0.29) is 35.3 Å². The van der Waals surface area contributed by atoms with Crippen LogP contribution in [0.5, 0.6) is 0 Å². The van der Waals surface area contributed by atoms with E-state index in [0.29, 0.717) is 12.2 Å². The SMILES string of the molecule is COCC1(CNS(=O)(=O)c2ccc(C(=O)N(C)C)cc2)CCCN1.Cl. The number of nitrogens with one attached hydrogen (secondary N) is 2. The van der Waals surface area contributed by atoms with Crippen LogP contribution in [0, 0.1) is 0 Å². The maximum absolute atomic E-state index is 12.5. The number of hydrogen-bond donors (Lipinski definition) is 2. The third-order valence-electron chi connectivity index (χ3n) is 4.17. The fourth-order valence-corrected chi connectivity index (χ4v) is 3.95. The van der Waals surface area contributed by atoms with Gasteiger partial charge < -0.3 is 15.0 Å². The summed E-state index contributed by atoms with van der Waals surface area (Å²) in [5, 5.41) is 3.33. The second-order valence-corrected chi connectivity index (χ2v) is 8.06. The van der Waals surface area contributed by atoms with Crippen molar-refractivity contribution < 1.29 is 17.9 Å². The Morgan fingerprint density at radius 1 is 1.32 bits per heavy atom. The van der Waals surface area contributed by atoms with Crippen LogP contribution in [0.3, 0.4) is 0 Å². The van der Waals surface area contributed by atoms with Crippen LogP contribution in [-0.2, 0) is 14.8 Å². The number of methoxy groups -OCH3 is 1. The summed E-state index contributed by atoms with van der Waals surface area (Å²) in [6.07, 6.45) is 1.85. The highest BCUT2D eigenvalue weighted by Gasteiger charge is 2.34. The van der Waals surface area contributed by atoms with Gasteiger partial charge in [0.1, 0.15) is 0 Å². The summed E-state index contributed by atoms with van der Waals surface area (Å²) in [5.74, 6) is -0.166. The summed E-state index contributed by atoms with van der Waals surface area (Å²) in [4.78, 5) is 13.4. The van der Waals surface area contributed by atoms with Gasteiger partial charge in [0.05, 0.1) is 17.0 Å². The number of benzene rings is 1. The molecule has 1 amide bonds. The Bertz CT molecular complexity index is 671. The van der Waals surface area contributed by atoms with E-state index >= 15 is 0 Å². The highest BCUT2D eigenvalue weighted by atomic mass is 35.5. The Labute approximate surface area is 155 Å². The van der Waals surface area contributed by atoms with Crippen molar-refractivity contribution in [3.05, 3.63) is 29.8 Å². The van der Waals surface area contributed by atoms with Crippen molar-refractivity contribution >= 4 is 28.3 Å². The Kier molecular flexibility index (Phi) is 7.83. The molecule has 0 spiro atoms. The zero-order chi connectivity index (χ0) is 17.8. The molecule has 1 heterocycles. The summed E-state index contributed by atoms with van der Waals surface area (Å²) in [6.45, 7) is 1.57. The first-order chi connectivity index (χ1) is 11.3. The third-order valence-corrected chi connectivity index (χ3v) is 5.59. The van der Waals surface area contributed by atoms with Crippen molar-refractivity contribution in [3.8, 4) is 0 Å². The topological polar surface area (TPSA) is 87.7 Å². The lowest BCUT2D eigenvalue weighted by molar-refractivity contribution is 0.0827. The van der Waals surface area contributed by atoms with E-state index in [1.54, 1.807) is 21.2 Å². The molecule has 0 saturated carbocycles. The van der Waals surface area contributed by atoms with Gasteiger partial charge in [-0.2, -0.15) is 0 Å². The molecule has 1 aromatic carbocycles. The van der Waals surface area contributed by atoms with Crippen molar-refractivity contribution in [3.63, 3.8) is 0 Å². The highest BCUT2D eigenvalue weighted by molar-refractivity contribution is 7.89. The third kappa shape index (κ3) is 5.39. The monoisotopic (exact) mass is 391 g/mol. The van der Waals surface area contributed by atoms with Crippen LogP contribution in [0.4, 0.5) is 0 Å². The van der Waals surface area contributed by atoms with Crippen molar-refractivity contribution in [1.29, 1.82) is 0 Å². The zero-order valence-electron chi connectivity index (χ0n) is 14.7. The molecule has 0 aliphatic carbocycles. The second kappa shape index (κ2) is 8.95. The lowest BCUT2D eigenvalue weighted by Gasteiger charge is -2.28. The van der Waals surface area contributed by atoms with E-state index in [1.807, 2.05) is 0 Å². The maximum Gasteiger partial charge on any atom is 0.253 e. The van der Waals surface area contributed by atoms with Gasteiger partial charge in [0.2, 0.25) is 10.0 Å². The quantitative estimate of drug-likeness (QED) is 0.719. The van der Waals surface area contributed by atoms with Crippen LogP contribution in [0.2, 0.25) is 0 Å². The molecule has 1 aromatic rings. The molecule has 2 N–H and O–H groups in total. The molecule has 1 aliphatic rings.